The first-order chi connectivity index (χ1) is 12.9. The summed E-state index contributed by atoms with van der Waals surface area (Å²) in [4.78, 5) is 2.39. The summed E-state index contributed by atoms with van der Waals surface area (Å²) in [5.74, 6) is 0. The number of fused-ring (bicyclic) bond motifs is 2. The molecule has 3 aromatic carbocycles. The molecule has 0 saturated heterocycles. The maximum atomic E-state index is 3.39. The van der Waals surface area contributed by atoms with Gasteiger partial charge in [0.15, 0.2) is 0 Å². The van der Waals surface area contributed by atoms with Crippen molar-refractivity contribution in [1.29, 1.82) is 0 Å². The average molecular weight is 497 g/mol. The summed E-state index contributed by atoms with van der Waals surface area (Å²) >= 11 is 6.44. The molecule has 3 aromatic rings. The molecule has 4 heteroatoms. The Morgan fingerprint density at radius 1 is 0.815 bits per heavy atom. The predicted molar refractivity (Wildman–Crippen MR) is 125 cm³/mol. The van der Waals surface area contributed by atoms with Gasteiger partial charge in [0.2, 0.25) is 0 Å². The van der Waals surface area contributed by atoms with Crippen LogP contribution < -0.4 is 4.90 Å². The highest BCUT2D eigenvalue weighted by molar-refractivity contribution is 9.47. The molecule has 1 aliphatic rings. The Morgan fingerprint density at radius 3 is 1.67 bits per heavy atom. The van der Waals surface area contributed by atoms with E-state index in [0.29, 0.717) is 0 Å². The summed E-state index contributed by atoms with van der Waals surface area (Å²) in [5, 5.41) is 0. The van der Waals surface area contributed by atoms with Crippen molar-refractivity contribution in [1.82, 2.24) is 0 Å². The summed E-state index contributed by atoms with van der Waals surface area (Å²) in [5.41, 5.74) is 8.82. The van der Waals surface area contributed by atoms with E-state index in [1.54, 1.807) is 0 Å². The molecule has 0 atom stereocenters. The second-order valence-corrected chi connectivity index (χ2v) is 15.4. The van der Waals surface area contributed by atoms with Crippen LogP contribution in [0.3, 0.4) is 0 Å². The van der Waals surface area contributed by atoms with E-state index in [9.17, 15) is 0 Å². The molecule has 0 bridgehead atoms. The molecule has 1 heterocycles. The van der Waals surface area contributed by atoms with Crippen molar-refractivity contribution in [2.45, 2.75) is 33.1 Å². The number of halogens is 2. The predicted octanol–water partition coefficient (Wildman–Crippen LogP) is 7.52. The first-order valence-electron chi connectivity index (χ1n) is 9.01. The van der Waals surface area contributed by atoms with Gasteiger partial charge in [-0.25, -0.2) is 0 Å². The molecule has 135 valence electrons. The number of benzene rings is 3. The molecule has 0 unspecified atom stereocenters. The number of para-hydroxylation sites is 2. The van der Waals surface area contributed by atoms with E-state index in [4.69, 9.17) is 0 Å². The highest BCUT2D eigenvalue weighted by Gasteiger charge is 2.36. The number of hydrogen-bond donors (Lipinski definition) is 0. The smallest absolute Gasteiger partial charge is 0.310 e. The highest BCUT2D eigenvalue weighted by Crippen LogP contribution is 2.51. The lowest BCUT2D eigenvalue weighted by Gasteiger charge is -2.42. The minimum absolute atomic E-state index is 0.00528. The number of anilines is 3. The van der Waals surface area contributed by atoms with Crippen molar-refractivity contribution in [3.05, 3.63) is 89.0 Å². The molecule has 4 rings (SSSR count). The zero-order valence-corrected chi connectivity index (χ0v) is 20.8. The Labute approximate surface area is 184 Å². The van der Waals surface area contributed by atoms with Crippen LogP contribution in [0.5, 0.6) is 0 Å². The zero-order valence-electron chi connectivity index (χ0n) is 16.2. The monoisotopic (exact) mass is 494 g/mol. The molecule has 1 radical (unpaired) electrons. The topological polar surface area (TPSA) is 3.24 Å². The average Bonchev–Trinajstić information content (AvgIpc) is 2.62. The molecule has 0 spiro atoms. The van der Waals surface area contributed by atoms with Crippen LogP contribution >= 0.6 is 25.8 Å². The standard InChI is InChI=1S/C23H22N.2BrH.Mg/c1-16-13-17(2)15-18(14-16)24-21-11-7-5-9-19(21)23(3,4)20-10-6-8-12-22(20)24;;;/h5-12,14-15H,1-4H3;2*1H;/q;;;+2/p-2. The molecule has 0 saturated carbocycles. The van der Waals surface area contributed by atoms with Gasteiger partial charge in [0.05, 0.1) is 11.4 Å². The Morgan fingerprint density at radius 2 is 1.22 bits per heavy atom. The molecule has 0 fully saturated rings. The molecule has 0 amide bonds. The first-order valence-corrected chi connectivity index (χ1v) is 16.8. The van der Waals surface area contributed by atoms with Gasteiger partial charge in [0.1, 0.15) is 0 Å². The normalized spacial score (nSPS) is 13.6. The van der Waals surface area contributed by atoms with Crippen LogP contribution in [0.2, 0.25) is 0 Å². The van der Waals surface area contributed by atoms with Gasteiger partial charge in [-0.3, -0.25) is 25.8 Å². The summed E-state index contributed by atoms with van der Waals surface area (Å²) in [6, 6.07) is 25.3. The Bertz CT molecular complexity index is 883. The van der Waals surface area contributed by atoms with Crippen LogP contribution in [0.4, 0.5) is 17.1 Å². The molecule has 1 nitrogen and oxygen atoms in total. The SMILES string of the molecule is Cc1[c]c(C)cc(N2c3ccccc3C(C)(C)c3ccccc32)c1.[Br][Mg][Br]. The zero-order chi connectivity index (χ0) is 19.6. The Kier molecular flexibility index (Phi) is 6.73. The molecule has 0 aromatic heterocycles. The Balaban J connectivity index is 0.000000659. The van der Waals surface area contributed by atoms with Crippen molar-refractivity contribution in [3.8, 4) is 0 Å². The van der Waals surface area contributed by atoms with Crippen molar-refractivity contribution in [2.75, 3.05) is 4.90 Å². The minimum atomic E-state index is -0.00528. The van der Waals surface area contributed by atoms with Gasteiger partial charge in [-0.05, 0) is 66.4 Å². The van der Waals surface area contributed by atoms with E-state index < -0.39 is 0 Å². The molecular formula is C23H22Br2MgN. The summed E-state index contributed by atoms with van der Waals surface area (Å²) in [7, 11) is 0. The van der Waals surface area contributed by atoms with Crippen molar-refractivity contribution in [3.63, 3.8) is 0 Å². The van der Waals surface area contributed by atoms with Gasteiger partial charge in [-0.2, -0.15) is 0 Å². The number of nitrogens with zero attached hydrogens (tertiary/aromatic N) is 1. The highest BCUT2D eigenvalue weighted by atomic mass is 79.9. The van der Waals surface area contributed by atoms with Crippen LogP contribution in [0.1, 0.15) is 36.1 Å². The quantitative estimate of drug-likeness (QED) is 0.315. The summed E-state index contributed by atoms with van der Waals surface area (Å²) in [6.45, 7) is 8.86. The number of hydrogen-bond acceptors (Lipinski definition) is 1. The maximum Gasteiger partial charge on any atom is 0.560 e. The van der Waals surface area contributed by atoms with E-state index in [1.165, 1.54) is 39.3 Å². The van der Waals surface area contributed by atoms with Crippen molar-refractivity contribution in [2.24, 2.45) is 0 Å². The third-order valence-corrected chi connectivity index (χ3v) is 5.02. The van der Waals surface area contributed by atoms with Crippen molar-refractivity contribution >= 4 is 58.9 Å². The lowest BCUT2D eigenvalue weighted by Crippen LogP contribution is -2.30. The largest absolute Gasteiger partial charge is 0.560 e. The van der Waals surface area contributed by atoms with E-state index in [2.05, 4.69) is 125 Å². The lowest BCUT2D eigenvalue weighted by atomic mass is 9.73. The van der Waals surface area contributed by atoms with Gasteiger partial charge in [0, 0.05) is 11.1 Å². The van der Waals surface area contributed by atoms with E-state index >= 15 is 0 Å². The molecule has 0 aliphatic carbocycles. The molecule has 1 aliphatic heterocycles. The van der Waals surface area contributed by atoms with Crippen LogP contribution in [0.25, 0.3) is 0 Å². The first kappa shape index (κ1) is 20.9. The number of aryl methyl sites for hydroxylation is 2. The minimum Gasteiger partial charge on any atom is -0.310 e. The third kappa shape index (κ3) is 4.14. The van der Waals surface area contributed by atoms with Crippen LogP contribution in [0.15, 0.2) is 60.7 Å². The van der Waals surface area contributed by atoms with Crippen molar-refractivity contribution < 1.29 is 0 Å². The third-order valence-electron chi connectivity index (χ3n) is 5.02. The second-order valence-electron chi connectivity index (χ2n) is 7.30. The van der Waals surface area contributed by atoms with Crippen LogP contribution in [-0.2, 0) is 5.41 Å². The second kappa shape index (κ2) is 8.69. The van der Waals surface area contributed by atoms with Crippen LogP contribution in [-0.4, -0.2) is 16.0 Å². The summed E-state index contributed by atoms with van der Waals surface area (Å²) in [6.07, 6.45) is 0. The van der Waals surface area contributed by atoms with E-state index in [-0.39, 0.29) is 21.4 Å². The van der Waals surface area contributed by atoms with E-state index in [0.717, 1.165) is 0 Å². The van der Waals surface area contributed by atoms with Gasteiger partial charge in [0.25, 0.3) is 0 Å². The molecule has 0 N–H and O–H groups in total. The maximum absolute atomic E-state index is 3.39. The molecular weight excluding hydrogens is 474 g/mol. The fourth-order valence-electron chi connectivity index (χ4n) is 3.94. The van der Waals surface area contributed by atoms with Gasteiger partial charge >= 0.3 is 16.0 Å². The Hall–Kier alpha value is -0.814. The van der Waals surface area contributed by atoms with Gasteiger partial charge in [-0.1, -0.05) is 50.2 Å². The van der Waals surface area contributed by atoms with Crippen LogP contribution in [0, 0.1) is 19.9 Å². The van der Waals surface area contributed by atoms with E-state index in [1.807, 2.05) is 0 Å². The van der Waals surface area contributed by atoms with Gasteiger partial charge in [-0.15, -0.1) is 0 Å². The lowest BCUT2D eigenvalue weighted by molar-refractivity contribution is 0.632. The number of rotatable bonds is 1. The fourth-order valence-corrected chi connectivity index (χ4v) is 3.94. The molecule has 27 heavy (non-hydrogen) atoms. The van der Waals surface area contributed by atoms with Gasteiger partial charge < -0.3 is 4.90 Å². The fraction of sp³-hybridized carbons (Fsp3) is 0.217. The summed E-state index contributed by atoms with van der Waals surface area (Å²) < 4.78 is 0.